The lowest BCUT2D eigenvalue weighted by molar-refractivity contribution is 0.303. The quantitative estimate of drug-likeness (QED) is 0.571. The summed E-state index contributed by atoms with van der Waals surface area (Å²) >= 11 is 6.14. The Morgan fingerprint density at radius 1 is 1.00 bits per heavy atom. The predicted octanol–water partition coefficient (Wildman–Crippen LogP) is 5.55. The van der Waals surface area contributed by atoms with Crippen LogP contribution in [0.25, 0.3) is 0 Å². The van der Waals surface area contributed by atoms with Crippen LogP contribution in [0, 0.1) is 6.92 Å². The number of anilines is 1. The first-order chi connectivity index (χ1) is 12.1. The molecule has 3 aromatic carbocycles. The topological polar surface area (TPSA) is 41.5 Å². The minimum Gasteiger partial charge on any atom is -0.508 e. The Kier molecular flexibility index (Phi) is 5.46. The summed E-state index contributed by atoms with van der Waals surface area (Å²) in [7, 11) is 0. The SMILES string of the molecule is Cc1cccc(COc2ccc(Cl)cc2CNc2ccc(O)cc2)c1. The van der Waals surface area contributed by atoms with Gasteiger partial charge in [0.1, 0.15) is 18.1 Å². The van der Waals surface area contributed by atoms with Crippen LogP contribution >= 0.6 is 11.6 Å². The number of benzene rings is 3. The molecule has 0 atom stereocenters. The van der Waals surface area contributed by atoms with E-state index in [4.69, 9.17) is 16.3 Å². The van der Waals surface area contributed by atoms with E-state index in [1.54, 1.807) is 12.1 Å². The molecule has 0 spiro atoms. The lowest BCUT2D eigenvalue weighted by Gasteiger charge is -2.14. The van der Waals surface area contributed by atoms with Gasteiger partial charge >= 0.3 is 0 Å². The van der Waals surface area contributed by atoms with Gasteiger partial charge in [0.2, 0.25) is 0 Å². The molecule has 0 amide bonds. The van der Waals surface area contributed by atoms with Gasteiger partial charge in [-0.1, -0.05) is 41.4 Å². The first-order valence-electron chi connectivity index (χ1n) is 8.10. The Balaban J connectivity index is 1.70. The normalized spacial score (nSPS) is 10.5. The van der Waals surface area contributed by atoms with E-state index < -0.39 is 0 Å². The Morgan fingerprint density at radius 3 is 2.56 bits per heavy atom. The summed E-state index contributed by atoms with van der Waals surface area (Å²) in [5.41, 5.74) is 4.24. The number of phenolic OH excluding ortho intramolecular Hbond substituents is 1. The van der Waals surface area contributed by atoms with Gasteiger partial charge in [-0.2, -0.15) is 0 Å². The summed E-state index contributed by atoms with van der Waals surface area (Å²) in [6.07, 6.45) is 0. The van der Waals surface area contributed by atoms with Gasteiger partial charge in [-0.25, -0.2) is 0 Å². The first kappa shape index (κ1) is 17.2. The van der Waals surface area contributed by atoms with Gasteiger partial charge in [0, 0.05) is 22.8 Å². The molecule has 0 saturated carbocycles. The molecule has 0 unspecified atom stereocenters. The molecule has 0 aromatic heterocycles. The number of phenols is 1. The van der Waals surface area contributed by atoms with Crippen LogP contribution in [-0.2, 0) is 13.2 Å². The zero-order valence-electron chi connectivity index (χ0n) is 14.0. The second kappa shape index (κ2) is 7.95. The van der Waals surface area contributed by atoms with E-state index in [0.29, 0.717) is 18.2 Å². The standard InChI is InChI=1S/C21H20ClNO2/c1-15-3-2-4-16(11-15)14-25-21-10-5-18(22)12-17(21)13-23-19-6-8-20(24)9-7-19/h2-12,23-24H,13-14H2,1H3. The Hall–Kier alpha value is -2.65. The van der Waals surface area contributed by atoms with E-state index in [9.17, 15) is 5.11 Å². The van der Waals surface area contributed by atoms with Crippen molar-refractivity contribution < 1.29 is 9.84 Å². The fourth-order valence-corrected chi connectivity index (χ4v) is 2.76. The molecule has 25 heavy (non-hydrogen) atoms. The van der Waals surface area contributed by atoms with Gasteiger partial charge in [0.05, 0.1) is 0 Å². The Labute approximate surface area is 152 Å². The van der Waals surface area contributed by atoms with Crippen molar-refractivity contribution in [2.24, 2.45) is 0 Å². The number of aromatic hydroxyl groups is 1. The average molecular weight is 354 g/mol. The van der Waals surface area contributed by atoms with Crippen LogP contribution in [0.3, 0.4) is 0 Å². The molecule has 4 heteroatoms. The van der Waals surface area contributed by atoms with E-state index in [-0.39, 0.29) is 5.75 Å². The van der Waals surface area contributed by atoms with Crippen molar-refractivity contribution in [3.8, 4) is 11.5 Å². The van der Waals surface area contributed by atoms with Crippen LogP contribution in [0.2, 0.25) is 5.02 Å². The minimum atomic E-state index is 0.246. The lowest BCUT2D eigenvalue weighted by atomic mass is 10.1. The van der Waals surface area contributed by atoms with Crippen LogP contribution in [-0.4, -0.2) is 5.11 Å². The molecule has 0 bridgehead atoms. The lowest BCUT2D eigenvalue weighted by Crippen LogP contribution is -2.04. The van der Waals surface area contributed by atoms with Crippen LogP contribution in [0.5, 0.6) is 11.5 Å². The maximum atomic E-state index is 9.35. The number of hydrogen-bond acceptors (Lipinski definition) is 3. The monoisotopic (exact) mass is 353 g/mol. The maximum Gasteiger partial charge on any atom is 0.124 e. The highest BCUT2D eigenvalue weighted by molar-refractivity contribution is 6.30. The zero-order valence-corrected chi connectivity index (χ0v) is 14.8. The largest absolute Gasteiger partial charge is 0.508 e. The number of aryl methyl sites for hydroxylation is 1. The van der Waals surface area contributed by atoms with Crippen molar-refractivity contribution in [2.75, 3.05) is 5.32 Å². The minimum absolute atomic E-state index is 0.246. The van der Waals surface area contributed by atoms with Gasteiger partial charge in [0.25, 0.3) is 0 Å². The number of halogens is 1. The van der Waals surface area contributed by atoms with Crippen molar-refractivity contribution in [1.29, 1.82) is 0 Å². The molecule has 3 rings (SSSR count). The zero-order chi connectivity index (χ0) is 17.6. The van der Waals surface area contributed by atoms with Crippen molar-refractivity contribution in [2.45, 2.75) is 20.1 Å². The summed E-state index contributed by atoms with van der Waals surface area (Å²) in [5, 5.41) is 13.3. The average Bonchev–Trinajstić information content (AvgIpc) is 2.60. The molecule has 0 radical (unpaired) electrons. The molecule has 3 aromatic rings. The number of hydrogen-bond donors (Lipinski definition) is 2. The summed E-state index contributed by atoms with van der Waals surface area (Å²) in [6, 6.07) is 20.8. The van der Waals surface area contributed by atoms with Gasteiger partial charge in [0.15, 0.2) is 0 Å². The highest BCUT2D eigenvalue weighted by atomic mass is 35.5. The van der Waals surface area contributed by atoms with Crippen LogP contribution in [0.1, 0.15) is 16.7 Å². The van der Waals surface area contributed by atoms with Gasteiger partial charge < -0.3 is 15.2 Å². The molecule has 0 aliphatic heterocycles. The predicted molar refractivity (Wildman–Crippen MR) is 102 cm³/mol. The number of nitrogens with one attached hydrogen (secondary N) is 1. The second-order valence-electron chi connectivity index (χ2n) is 5.93. The molecule has 0 heterocycles. The van der Waals surface area contributed by atoms with Gasteiger partial charge in [-0.05, 0) is 55.0 Å². The van der Waals surface area contributed by atoms with Crippen LogP contribution in [0.4, 0.5) is 5.69 Å². The summed E-state index contributed by atoms with van der Waals surface area (Å²) < 4.78 is 6.00. The number of ether oxygens (including phenoxy) is 1. The summed E-state index contributed by atoms with van der Waals surface area (Å²) in [6.45, 7) is 3.16. The molecule has 3 nitrogen and oxygen atoms in total. The smallest absolute Gasteiger partial charge is 0.124 e. The molecular weight excluding hydrogens is 334 g/mol. The third kappa shape index (κ3) is 4.91. The van der Waals surface area contributed by atoms with Crippen molar-refractivity contribution in [3.05, 3.63) is 88.4 Å². The van der Waals surface area contributed by atoms with Crippen LogP contribution in [0.15, 0.2) is 66.7 Å². The van der Waals surface area contributed by atoms with Crippen LogP contribution < -0.4 is 10.1 Å². The van der Waals surface area contributed by atoms with Crippen molar-refractivity contribution in [3.63, 3.8) is 0 Å². The Bertz CT molecular complexity index is 847. The highest BCUT2D eigenvalue weighted by Crippen LogP contribution is 2.25. The third-order valence-corrected chi connectivity index (χ3v) is 4.08. The van der Waals surface area contributed by atoms with Gasteiger partial charge in [-0.3, -0.25) is 0 Å². The van der Waals surface area contributed by atoms with E-state index in [0.717, 1.165) is 22.6 Å². The third-order valence-electron chi connectivity index (χ3n) is 3.85. The molecule has 0 saturated heterocycles. The van der Waals surface area contributed by atoms with E-state index >= 15 is 0 Å². The molecule has 2 N–H and O–H groups in total. The van der Waals surface area contributed by atoms with E-state index in [1.165, 1.54) is 5.56 Å². The van der Waals surface area contributed by atoms with E-state index in [2.05, 4.69) is 30.4 Å². The summed E-state index contributed by atoms with van der Waals surface area (Å²) in [4.78, 5) is 0. The van der Waals surface area contributed by atoms with E-state index in [1.807, 2.05) is 36.4 Å². The van der Waals surface area contributed by atoms with Gasteiger partial charge in [-0.15, -0.1) is 0 Å². The Morgan fingerprint density at radius 2 is 1.80 bits per heavy atom. The molecule has 0 fully saturated rings. The maximum absolute atomic E-state index is 9.35. The molecule has 128 valence electrons. The fourth-order valence-electron chi connectivity index (χ4n) is 2.57. The molecular formula is C21H20ClNO2. The molecule has 0 aliphatic rings. The first-order valence-corrected chi connectivity index (χ1v) is 8.47. The number of rotatable bonds is 6. The van der Waals surface area contributed by atoms with Crippen molar-refractivity contribution >= 4 is 17.3 Å². The molecule has 0 aliphatic carbocycles. The van der Waals surface area contributed by atoms with Crippen molar-refractivity contribution in [1.82, 2.24) is 0 Å². The second-order valence-corrected chi connectivity index (χ2v) is 6.37. The highest BCUT2D eigenvalue weighted by Gasteiger charge is 2.06. The fraction of sp³-hybridized carbons (Fsp3) is 0.143. The summed E-state index contributed by atoms with van der Waals surface area (Å²) in [5.74, 6) is 1.05.